The summed E-state index contributed by atoms with van der Waals surface area (Å²) < 4.78 is 15.9. The lowest BCUT2D eigenvalue weighted by Crippen LogP contribution is -2.35. The molecule has 1 aliphatic heterocycles. The van der Waals surface area contributed by atoms with Crippen LogP contribution in [0.3, 0.4) is 0 Å². The summed E-state index contributed by atoms with van der Waals surface area (Å²) in [5.74, 6) is 0.724. The molecular weight excluding hydrogens is 396 g/mol. The van der Waals surface area contributed by atoms with Crippen LogP contribution in [-0.4, -0.2) is 39.7 Å². The van der Waals surface area contributed by atoms with Gasteiger partial charge in [0.15, 0.2) is 11.5 Å². The van der Waals surface area contributed by atoms with Crippen molar-refractivity contribution in [1.82, 2.24) is 5.32 Å². The molecule has 31 heavy (non-hydrogen) atoms. The van der Waals surface area contributed by atoms with Crippen molar-refractivity contribution in [1.29, 1.82) is 0 Å². The number of amides is 2. The second-order valence-electron chi connectivity index (χ2n) is 7.16. The quantitative estimate of drug-likeness (QED) is 0.656. The summed E-state index contributed by atoms with van der Waals surface area (Å²) in [4.78, 5) is 28.7. The zero-order valence-corrected chi connectivity index (χ0v) is 18.1. The van der Waals surface area contributed by atoms with Gasteiger partial charge in [0.2, 0.25) is 11.7 Å². The fraction of sp³-hybridized carbons (Fsp3) is 0.292. The van der Waals surface area contributed by atoms with Gasteiger partial charge in [-0.25, -0.2) is 4.99 Å². The number of hydrogen-bond acceptors (Lipinski definition) is 5. The van der Waals surface area contributed by atoms with Crippen LogP contribution in [0.5, 0.6) is 17.2 Å². The first-order chi connectivity index (χ1) is 14.9. The molecule has 1 aliphatic rings. The molecule has 2 aromatic carbocycles. The van der Waals surface area contributed by atoms with Gasteiger partial charge in [0.05, 0.1) is 32.6 Å². The number of nitrogens with one attached hydrogen (secondary N) is 1. The van der Waals surface area contributed by atoms with E-state index < -0.39 is 0 Å². The zero-order valence-electron chi connectivity index (χ0n) is 18.1. The molecule has 1 unspecified atom stereocenters. The Morgan fingerprint density at radius 1 is 1.10 bits per heavy atom. The van der Waals surface area contributed by atoms with Gasteiger partial charge >= 0.3 is 0 Å². The van der Waals surface area contributed by atoms with E-state index in [0.29, 0.717) is 35.6 Å². The Morgan fingerprint density at radius 3 is 2.45 bits per heavy atom. The summed E-state index contributed by atoms with van der Waals surface area (Å²) in [5.41, 5.74) is 1.79. The van der Waals surface area contributed by atoms with Crippen molar-refractivity contribution in [3.05, 3.63) is 58.1 Å². The van der Waals surface area contributed by atoms with Gasteiger partial charge in [0.25, 0.3) is 5.91 Å². The van der Waals surface area contributed by atoms with Gasteiger partial charge in [-0.05, 0) is 54.0 Å². The summed E-state index contributed by atoms with van der Waals surface area (Å²) in [7, 11) is 4.60. The number of carbonyl (C=O) groups excluding carboxylic acids is 2. The number of aryl methyl sites for hydroxylation is 1. The summed E-state index contributed by atoms with van der Waals surface area (Å²) in [6, 6.07) is 9.36. The van der Waals surface area contributed by atoms with Crippen LogP contribution in [-0.2, 0) is 9.59 Å². The van der Waals surface area contributed by atoms with Crippen LogP contribution in [0.4, 0.5) is 0 Å². The molecule has 7 nitrogen and oxygen atoms in total. The molecule has 0 bridgehead atoms. The highest BCUT2D eigenvalue weighted by Gasteiger charge is 2.18. The maximum Gasteiger partial charge on any atom is 0.253 e. The van der Waals surface area contributed by atoms with Gasteiger partial charge < -0.3 is 19.5 Å². The fourth-order valence-corrected chi connectivity index (χ4v) is 3.37. The molecule has 0 fully saturated rings. The van der Waals surface area contributed by atoms with Crippen molar-refractivity contribution < 1.29 is 23.8 Å². The third-order valence-corrected chi connectivity index (χ3v) is 4.98. The Hall–Kier alpha value is -3.61. The number of carbonyl (C=O) groups is 2. The largest absolute Gasteiger partial charge is 0.493 e. The minimum Gasteiger partial charge on any atom is -0.493 e. The van der Waals surface area contributed by atoms with Crippen LogP contribution in [0, 0.1) is 12.8 Å². The number of methoxy groups -OCH3 is 3. The van der Waals surface area contributed by atoms with E-state index in [2.05, 4.69) is 10.3 Å². The minimum atomic E-state index is -0.338. The highest BCUT2D eigenvalue weighted by atomic mass is 16.5. The van der Waals surface area contributed by atoms with Crippen LogP contribution in [0.15, 0.2) is 41.4 Å². The fourth-order valence-electron chi connectivity index (χ4n) is 3.37. The average Bonchev–Trinajstić information content (AvgIpc) is 2.77. The van der Waals surface area contributed by atoms with Crippen molar-refractivity contribution in [2.24, 2.45) is 10.9 Å². The molecule has 3 rings (SSSR count). The molecule has 0 spiro atoms. The summed E-state index contributed by atoms with van der Waals surface area (Å²) in [5, 5.41) is 4.46. The Bertz CT molecular complexity index is 1110. The van der Waals surface area contributed by atoms with Gasteiger partial charge in [0.1, 0.15) is 0 Å². The van der Waals surface area contributed by atoms with E-state index in [0.717, 1.165) is 16.3 Å². The van der Waals surface area contributed by atoms with Gasteiger partial charge in [-0.2, -0.15) is 0 Å². The second-order valence-corrected chi connectivity index (χ2v) is 7.16. The molecule has 2 aromatic rings. The Labute approximate surface area is 181 Å². The van der Waals surface area contributed by atoms with E-state index in [-0.39, 0.29) is 17.7 Å². The number of fused-ring (bicyclic) bond motifs is 1. The highest BCUT2D eigenvalue weighted by molar-refractivity contribution is 5.92. The number of nitrogens with zero attached hydrogens (tertiary/aromatic N) is 1. The predicted octanol–water partition coefficient (Wildman–Crippen LogP) is 1.80. The van der Waals surface area contributed by atoms with Crippen LogP contribution in [0.1, 0.15) is 17.5 Å². The topological polar surface area (TPSA) is 86.2 Å². The van der Waals surface area contributed by atoms with E-state index in [1.807, 2.05) is 31.2 Å². The van der Waals surface area contributed by atoms with E-state index in [1.54, 1.807) is 18.2 Å². The maximum absolute atomic E-state index is 12.3. The zero-order chi connectivity index (χ0) is 22.4. The van der Waals surface area contributed by atoms with Crippen molar-refractivity contribution >= 4 is 24.0 Å². The van der Waals surface area contributed by atoms with Crippen LogP contribution in [0.25, 0.3) is 12.2 Å². The van der Waals surface area contributed by atoms with E-state index in [9.17, 15) is 9.59 Å². The molecule has 0 saturated carbocycles. The summed E-state index contributed by atoms with van der Waals surface area (Å²) >= 11 is 0. The van der Waals surface area contributed by atoms with E-state index in [1.165, 1.54) is 27.4 Å². The minimum absolute atomic E-state index is 0.180. The molecule has 7 heteroatoms. The predicted molar refractivity (Wildman–Crippen MR) is 118 cm³/mol. The van der Waals surface area contributed by atoms with Crippen molar-refractivity contribution in [2.75, 3.05) is 27.9 Å². The van der Waals surface area contributed by atoms with Gasteiger partial charge in [-0.3, -0.25) is 9.59 Å². The molecular formula is C24H26N2O5. The molecule has 2 amide bonds. The maximum atomic E-state index is 12.3. The monoisotopic (exact) mass is 422 g/mol. The first-order valence-corrected chi connectivity index (χ1v) is 9.92. The molecule has 0 radical (unpaired) electrons. The number of rotatable bonds is 8. The number of ether oxygens (including phenoxy) is 3. The molecule has 0 aliphatic carbocycles. The summed E-state index contributed by atoms with van der Waals surface area (Å²) in [6.07, 6.45) is 5.49. The van der Waals surface area contributed by atoms with Crippen LogP contribution in [0.2, 0.25) is 0 Å². The SMILES string of the molecule is COc1cc(/C=C/C(=O)NCCC2C=c3ccc(C)cc3=NC2=O)cc(OC)c1OC. The normalized spacial score (nSPS) is 15.0. The van der Waals surface area contributed by atoms with E-state index in [4.69, 9.17) is 14.2 Å². The molecule has 1 N–H and O–H groups in total. The molecule has 162 valence electrons. The van der Waals surface area contributed by atoms with Gasteiger partial charge in [0, 0.05) is 12.6 Å². The lowest BCUT2D eigenvalue weighted by Gasteiger charge is -2.13. The lowest BCUT2D eigenvalue weighted by molar-refractivity contribution is -0.121. The second kappa shape index (κ2) is 9.93. The first kappa shape index (κ1) is 22.1. The standard InChI is InChI=1S/C24H26N2O5/c1-15-5-7-17-14-18(24(28)26-19(17)11-15)9-10-25-22(27)8-6-16-12-20(29-2)23(31-4)21(13-16)30-3/h5-8,11-14,18H,9-10H2,1-4H3,(H,25,27)/b8-6+. The van der Waals surface area contributed by atoms with Gasteiger partial charge in [-0.1, -0.05) is 18.2 Å². The average molecular weight is 422 g/mol. The number of hydrogen-bond donors (Lipinski definition) is 1. The van der Waals surface area contributed by atoms with Gasteiger partial charge in [-0.15, -0.1) is 0 Å². The molecule has 0 saturated heterocycles. The van der Waals surface area contributed by atoms with Crippen LogP contribution >= 0.6 is 0 Å². The Kier molecular flexibility index (Phi) is 7.07. The first-order valence-electron chi connectivity index (χ1n) is 9.92. The molecule has 1 heterocycles. The smallest absolute Gasteiger partial charge is 0.253 e. The Balaban J connectivity index is 1.60. The lowest BCUT2D eigenvalue weighted by atomic mass is 10.00. The van der Waals surface area contributed by atoms with Crippen molar-refractivity contribution in [2.45, 2.75) is 13.3 Å². The highest BCUT2D eigenvalue weighted by Crippen LogP contribution is 2.38. The Morgan fingerprint density at radius 2 is 1.81 bits per heavy atom. The van der Waals surface area contributed by atoms with Crippen molar-refractivity contribution in [3.8, 4) is 17.2 Å². The third-order valence-electron chi connectivity index (χ3n) is 4.98. The number of benzene rings is 2. The van der Waals surface area contributed by atoms with Crippen LogP contribution < -0.4 is 30.1 Å². The van der Waals surface area contributed by atoms with E-state index >= 15 is 0 Å². The molecule has 0 aromatic heterocycles. The van der Waals surface area contributed by atoms with Crippen molar-refractivity contribution in [3.63, 3.8) is 0 Å². The summed E-state index contributed by atoms with van der Waals surface area (Å²) in [6.45, 7) is 2.33. The molecule has 1 atom stereocenters. The third kappa shape index (κ3) is 5.31.